The molecule has 17 heavy (non-hydrogen) atoms. The van der Waals surface area contributed by atoms with Gasteiger partial charge in [-0.1, -0.05) is 30.3 Å². The fourth-order valence-corrected chi connectivity index (χ4v) is 2.78. The smallest absolute Gasteiger partial charge is 0.113 e. The number of aromatic nitrogens is 2. The molecule has 0 fully saturated rings. The van der Waals surface area contributed by atoms with Gasteiger partial charge in [-0.2, -0.15) is 0 Å². The molecule has 0 spiro atoms. The van der Waals surface area contributed by atoms with Crippen LogP contribution in [-0.2, 0) is 12.8 Å². The van der Waals surface area contributed by atoms with Crippen molar-refractivity contribution in [3.63, 3.8) is 0 Å². The topological polar surface area (TPSA) is 17.8 Å². The van der Waals surface area contributed by atoms with Crippen molar-refractivity contribution in [1.29, 1.82) is 0 Å². The van der Waals surface area contributed by atoms with Crippen LogP contribution in [0.15, 0.2) is 36.5 Å². The summed E-state index contributed by atoms with van der Waals surface area (Å²) in [7, 11) is 0. The summed E-state index contributed by atoms with van der Waals surface area (Å²) in [6.45, 7) is 2.30. The lowest BCUT2D eigenvalue weighted by Crippen LogP contribution is -2.17. The van der Waals surface area contributed by atoms with Crippen molar-refractivity contribution >= 4 is 0 Å². The van der Waals surface area contributed by atoms with Gasteiger partial charge in [0.1, 0.15) is 5.82 Å². The maximum absolute atomic E-state index is 4.61. The highest BCUT2D eigenvalue weighted by atomic mass is 15.1. The fraction of sp³-hybridized carbons (Fsp3) is 0.400. The average Bonchev–Trinajstić information content (AvgIpc) is 2.75. The zero-order valence-corrected chi connectivity index (χ0v) is 10.3. The molecule has 2 heterocycles. The number of nitrogens with zero attached hydrogens (tertiary/aromatic N) is 2. The van der Waals surface area contributed by atoms with Crippen molar-refractivity contribution in [2.24, 2.45) is 0 Å². The monoisotopic (exact) mass is 226 g/mol. The lowest BCUT2D eigenvalue weighted by atomic mass is 10.0. The van der Waals surface area contributed by atoms with Gasteiger partial charge < -0.3 is 4.57 Å². The van der Waals surface area contributed by atoms with Crippen LogP contribution in [0.5, 0.6) is 0 Å². The van der Waals surface area contributed by atoms with Crippen molar-refractivity contribution in [2.45, 2.75) is 38.6 Å². The normalized spacial score (nSPS) is 19.0. The second-order valence-corrected chi connectivity index (χ2v) is 4.94. The summed E-state index contributed by atoms with van der Waals surface area (Å²) in [4.78, 5) is 4.61. The predicted molar refractivity (Wildman–Crippen MR) is 69.1 cm³/mol. The van der Waals surface area contributed by atoms with Crippen molar-refractivity contribution in [1.82, 2.24) is 9.55 Å². The molecule has 0 saturated heterocycles. The first-order valence-corrected chi connectivity index (χ1v) is 6.43. The Morgan fingerprint density at radius 1 is 1.29 bits per heavy atom. The summed E-state index contributed by atoms with van der Waals surface area (Å²) in [5.41, 5.74) is 2.76. The Balaban J connectivity index is 1.92. The van der Waals surface area contributed by atoms with E-state index in [4.69, 9.17) is 0 Å². The molecule has 1 atom stereocenters. The molecule has 0 saturated carbocycles. The molecule has 0 N–H and O–H groups in total. The van der Waals surface area contributed by atoms with Gasteiger partial charge in [-0.15, -0.1) is 0 Å². The molecule has 2 aromatic rings. The van der Waals surface area contributed by atoms with Gasteiger partial charge in [0.25, 0.3) is 0 Å². The SMILES string of the molecule is CC1CCCc2cnc(Cc3ccccc3)n21. The second kappa shape index (κ2) is 4.36. The first-order chi connectivity index (χ1) is 8.34. The van der Waals surface area contributed by atoms with E-state index < -0.39 is 0 Å². The molecule has 0 amide bonds. The van der Waals surface area contributed by atoms with Gasteiger partial charge in [0.2, 0.25) is 0 Å². The summed E-state index contributed by atoms with van der Waals surface area (Å²) in [6, 6.07) is 11.2. The highest BCUT2D eigenvalue weighted by molar-refractivity contribution is 5.21. The third-order valence-corrected chi connectivity index (χ3v) is 3.65. The third-order valence-electron chi connectivity index (χ3n) is 3.65. The number of fused-ring (bicyclic) bond motifs is 1. The molecule has 0 bridgehead atoms. The number of hydrogen-bond donors (Lipinski definition) is 0. The highest BCUT2D eigenvalue weighted by Gasteiger charge is 2.19. The Morgan fingerprint density at radius 3 is 2.94 bits per heavy atom. The molecule has 1 aromatic heterocycles. The fourth-order valence-electron chi connectivity index (χ4n) is 2.78. The number of benzene rings is 1. The van der Waals surface area contributed by atoms with Crippen molar-refractivity contribution < 1.29 is 0 Å². The van der Waals surface area contributed by atoms with Crippen LogP contribution in [-0.4, -0.2) is 9.55 Å². The van der Waals surface area contributed by atoms with Crippen molar-refractivity contribution in [2.75, 3.05) is 0 Å². The van der Waals surface area contributed by atoms with E-state index in [-0.39, 0.29) is 0 Å². The van der Waals surface area contributed by atoms with Gasteiger partial charge in [0.15, 0.2) is 0 Å². The average molecular weight is 226 g/mol. The van der Waals surface area contributed by atoms with Crippen LogP contribution in [0.4, 0.5) is 0 Å². The molecular formula is C15H18N2. The molecule has 1 aromatic carbocycles. The Labute approximate surface area is 102 Å². The maximum atomic E-state index is 4.61. The quantitative estimate of drug-likeness (QED) is 0.767. The number of aryl methyl sites for hydroxylation is 1. The molecule has 0 aliphatic carbocycles. The molecule has 3 rings (SSSR count). The van der Waals surface area contributed by atoms with Crippen LogP contribution in [0.2, 0.25) is 0 Å². The minimum atomic E-state index is 0.611. The Morgan fingerprint density at radius 2 is 2.12 bits per heavy atom. The third kappa shape index (κ3) is 1.99. The molecule has 1 aliphatic rings. The van der Waals surface area contributed by atoms with Gasteiger partial charge in [-0.25, -0.2) is 4.98 Å². The molecule has 1 unspecified atom stereocenters. The standard InChI is InChI=1S/C15H18N2/c1-12-6-5-9-14-11-16-15(17(12)14)10-13-7-3-2-4-8-13/h2-4,7-8,11-12H,5-6,9-10H2,1H3. The highest BCUT2D eigenvalue weighted by Crippen LogP contribution is 2.26. The first kappa shape index (κ1) is 10.6. The van der Waals surface area contributed by atoms with Gasteiger partial charge in [-0.05, 0) is 31.7 Å². The zero-order valence-electron chi connectivity index (χ0n) is 10.3. The summed E-state index contributed by atoms with van der Waals surface area (Å²) in [6.07, 6.45) is 6.79. The predicted octanol–water partition coefficient (Wildman–Crippen LogP) is 3.37. The first-order valence-electron chi connectivity index (χ1n) is 6.43. The number of imidazole rings is 1. The lowest BCUT2D eigenvalue weighted by Gasteiger charge is -2.24. The van der Waals surface area contributed by atoms with Crippen LogP contribution >= 0.6 is 0 Å². The van der Waals surface area contributed by atoms with E-state index in [0.29, 0.717) is 6.04 Å². The van der Waals surface area contributed by atoms with Gasteiger partial charge in [0.05, 0.1) is 0 Å². The Kier molecular flexibility index (Phi) is 2.71. The molecule has 2 heteroatoms. The van der Waals surface area contributed by atoms with E-state index >= 15 is 0 Å². The van der Waals surface area contributed by atoms with Crippen LogP contribution < -0.4 is 0 Å². The molecule has 0 radical (unpaired) electrons. The maximum Gasteiger partial charge on any atom is 0.113 e. The zero-order chi connectivity index (χ0) is 11.7. The van der Waals surface area contributed by atoms with Crippen LogP contribution in [0.1, 0.15) is 42.9 Å². The summed E-state index contributed by atoms with van der Waals surface area (Å²) < 4.78 is 2.44. The van der Waals surface area contributed by atoms with Crippen molar-refractivity contribution in [3.8, 4) is 0 Å². The molecule has 1 aliphatic heterocycles. The van der Waals surface area contributed by atoms with Crippen molar-refractivity contribution in [3.05, 3.63) is 53.6 Å². The minimum absolute atomic E-state index is 0.611. The second-order valence-electron chi connectivity index (χ2n) is 4.94. The van der Waals surface area contributed by atoms with Gasteiger partial charge >= 0.3 is 0 Å². The largest absolute Gasteiger partial charge is 0.329 e. The number of rotatable bonds is 2. The van der Waals surface area contributed by atoms with E-state index in [0.717, 1.165) is 6.42 Å². The molecule has 2 nitrogen and oxygen atoms in total. The molecular weight excluding hydrogens is 208 g/mol. The summed E-state index contributed by atoms with van der Waals surface area (Å²) in [5, 5.41) is 0. The van der Waals surface area contributed by atoms with E-state index in [2.05, 4.69) is 53.0 Å². The van der Waals surface area contributed by atoms with Crippen LogP contribution in [0, 0.1) is 0 Å². The van der Waals surface area contributed by atoms with E-state index in [1.165, 1.54) is 36.3 Å². The Bertz CT molecular complexity index is 499. The van der Waals surface area contributed by atoms with Crippen LogP contribution in [0.25, 0.3) is 0 Å². The summed E-state index contributed by atoms with van der Waals surface area (Å²) in [5.74, 6) is 1.22. The van der Waals surface area contributed by atoms with E-state index in [9.17, 15) is 0 Å². The van der Waals surface area contributed by atoms with Gasteiger partial charge in [-0.3, -0.25) is 0 Å². The molecule has 88 valence electrons. The lowest BCUT2D eigenvalue weighted by molar-refractivity contribution is 0.421. The van der Waals surface area contributed by atoms with E-state index in [1.54, 1.807) is 0 Å². The van der Waals surface area contributed by atoms with E-state index in [1.807, 2.05) is 0 Å². The van der Waals surface area contributed by atoms with Crippen LogP contribution in [0.3, 0.4) is 0 Å². The number of hydrogen-bond acceptors (Lipinski definition) is 1. The Hall–Kier alpha value is -1.57. The van der Waals surface area contributed by atoms with Gasteiger partial charge in [0, 0.05) is 24.4 Å². The minimum Gasteiger partial charge on any atom is -0.329 e. The summed E-state index contributed by atoms with van der Waals surface area (Å²) >= 11 is 0.